The number of halogens is 4. The molecule has 0 radical (unpaired) electrons. The predicted molar refractivity (Wildman–Crippen MR) is 110 cm³/mol. The molecule has 1 aromatic heterocycles. The fraction of sp³-hybridized carbons (Fsp3) is 0.200. The molecule has 0 saturated heterocycles. The monoisotopic (exact) mass is 480 g/mol. The molecule has 1 aliphatic heterocycles. The normalized spacial score (nSPS) is 14.3. The van der Waals surface area contributed by atoms with Crippen molar-refractivity contribution in [2.45, 2.75) is 12.9 Å². The molecule has 2 aromatic carbocycles. The first-order chi connectivity index (χ1) is 14.3. The van der Waals surface area contributed by atoms with Gasteiger partial charge in [-0.3, -0.25) is 4.79 Å². The molecule has 0 bridgehead atoms. The van der Waals surface area contributed by atoms with Crippen molar-refractivity contribution in [1.29, 1.82) is 0 Å². The summed E-state index contributed by atoms with van der Waals surface area (Å²) < 4.78 is 43.3. The third kappa shape index (κ3) is 4.65. The predicted octanol–water partition coefficient (Wildman–Crippen LogP) is 4.02. The summed E-state index contributed by atoms with van der Waals surface area (Å²) in [4.78, 5) is 12.9. The summed E-state index contributed by atoms with van der Waals surface area (Å²) in [5, 5.41) is 7.29. The molecule has 4 rings (SSSR count). The van der Waals surface area contributed by atoms with Crippen molar-refractivity contribution in [3.8, 4) is 16.9 Å². The van der Waals surface area contributed by atoms with E-state index in [1.165, 1.54) is 28.9 Å². The van der Waals surface area contributed by atoms with Gasteiger partial charge in [-0.05, 0) is 29.3 Å². The van der Waals surface area contributed by atoms with Gasteiger partial charge in [-0.15, -0.1) is 13.2 Å². The number of hydrogen-bond acceptors (Lipinski definition) is 5. The van der Waals surface area contributed by atoms with E-state index in [1.54, 1.807) is 24.4 Å². The summed E-state index contributed by atoms with van der Waals surface area (Å²) in [6, 6.07) is 10.8. The number of aromatic nitrogens is 2. The van der Waals surface area contributed by atoms with Gasteiger partial charge in [-0.1, -0.05) is 40.2 Å². The summed E-state index contributed by atoms with van der Waals surface area (Å²) in [7, 11) is 0. The minimum Gasteiger partial charge on any atom is -0.406 e. The Hall–Kier alpha value is -2.85. The Morgan fingerprint density at radius 2 is 1.83 bits per heavy atom. The van der Waals surface area contributed by atoms with Crippen LogP contribution in [0, 0.1) is 0 Å². The molecule has 6 nitrogen and oxygen atoms in total. The molecule has 30 heavy (non-hydrogen) atoms. The molecule has 10 heteroatoms. The molecule has 3 aromatic rings. The number of ether oxygens (including phenoxy) is 1. The number of nitrogens with one attached hydrogen (secondary N) is 1. The zero-order valence-corrected chi connectivity index (χ0v) is 17.1. The van der Waals surface area contributed by atoms with E-state index >= 15 is 0 Å². The maximum atomic E-state index is 12.9. The zero-order chi connectivity index (χ0) is 21.3. The van der Waals surface area contributed by atoms with Crippen LogP contribution in [0.3, 0.4) is 0 Å². The molecule has 0 amide bonds. The van der Waals surface area contributed by atoms with Gasteiger partial charge in [-0.2, -0.15) is 5.10 Å². The van der Waals surface area contributed by atoms with Crippen molar-refractivity contribution in [2.24, 2.45) is 0 Å². The first-order valence-electron chi connectivity index (χ1n) is 9.01. The summed E-state index contributed by atoms with van der Waals surface area (Å²) in [6.45, 7) is 1.66. The molecule has 2 heterocycles. The highest BCUT2D eigenvalue weighted by Crippen LogP contribution is 2.27. The topological polar surface area (TPSA) is 59.4 Å². The maximum Gasteiger partial charge on any atom is 0.573 e. The molecule has 1 N–H and O–H groups in total. The van der Waals surface area contributed by atoms with Gasteiger partial charge in [0.2, 0.25) is 0 Å². The molecule has 1 aliphatic rings. The van der Waals surface area contributed by atoms with Gasteiger partial charge in [0.1, 0.15) is 5.75 Å². The molecule has 0 fully saturated rings. The number of nitrogens with zero attached hydrogens (tertiary/aromatic N) is 3. The maximum absolute atomic E-state index is 12.9. The van der Waals surface area contributed by atoms with Gasteiger partial charge in [0.15, 0.2) is 0 Å². The first kappa shape index (κ1) is 20.4. The molecule has 0 aliphatic carbocycles. The molecule has 0 atom stereocenters. The molecule has 0 saturated carbocycles. The Morgan fingerprint density at radius 3 is 2.50 bits per heavy atom. The number of fused-ring (bicyclic) bond motifs is 1. The number of rotatable bonds is 5. The van der Waals surface area contributed by atoms with Gasteiger partial charge in [0.05, 0.1) is 24.7 Å². The second-order valence-corrected chi connectivity index (χ2v) is 7.67. The van der Waals surface area contributed by atoms with Crippen LogP contribution in [0.5, 0.6) is 5.75 Å². The van der Waals surface area contributed by atoms with E-state index in [2.05, 4.69) is 31.2 Å². The standard InChI is InChI=1S/C20H16BrF3N4O2/c21-16-11-25-27(12-16)7-8-28-19(29)18-9-14(1-2-15(18)10-26-28)13-3-5-17(6-4-13)30-20(22,23)24/h1-6,9-10,12,25H,7-8,11H2. The minimum atomic E-state index is -4.74. The lowest BCUT2D eigenvalue weighted by atomic mass is 10.0. The fourth-order valence-corrected chi connectivity index (χ4v) is 3.52. The SMILES string of the molecule is O=c1c2cc(-c3ccc(OC(F)(F)F)cc3)ccc2cnn1CCN1C=C(Br)CN1. The molecular formula is C20H16BrF3N4O2. The Bertz CT molecular complexity index is 1160. The van der Waals surface area contributed by atoms with Crippen molar-refractivity contribution in [2.75, 3.05) is 13.1 Å². The zero-order valence-electron chi connectivity index (χ0n) is 15.5. The van der Waals surface area contributed by atoms with Crippen LogP contribution in [0.15, 0.2) is 64.1 Å². The minimum absolute atomic E-state index is 0.228. The Kier molecular flexibility index (Phi) is 5.52. The highest BCUT2D eigenvalue weighted by Gasteiger charge is 2.30. The van der Waals surface area contributed by atoms with E-state index in [0.717, 1.165) is 4.48 Å². The highest BCUT2D eigenvalue weighted by molar-refractivity contribution is 9.11. The number of hydrogen-bond donors (Lipinski definition) is 1. The van der Waals surface area contributed by atoms with Crippen LogP contribution in [-0.2, 0) is 6.54 Å². The van der Waals surface area contributed by atoms with E-state index in [0.29, 0.717) is 41.5 Å². The van der Waals surface area contributed by atoms with Gasteiger partial charge in [0.25, 0.3) is 5.56 Å². The lowest BCUT2D eigenvalue weighted by Gasteiger charge is -2.16. The number of hydrazine groups is 1. The highest BCUT2D eigenvalue weighted by atomic mass is 79.9. The van der Waals surface area contributed by atoms with Crippen LogP contribution in [-0.4, -0.2) is 34.2 Å². The third-order valence-electron chi connectivity index (χ3n) is 4.58. The Labute approximate surface area is 177 Å². The summed E-state index contributed by atoms with van der Waals surface area (Å²) >= 11 is 3.41. The summed E-state index contributed by atoms with van der Waals surface area (Å²) in [5.41, 5.74) is 4.31. The molecule has 0 unspecified atom stereocenters. The van der Waals surface area contributed by atoms with Gasteiger partial charge < -0.3 is 9.75 Å². The molecule has 156 valence electrons. The smallest absolute Gasteiger partial charge is 0.406 e. The van der Waals surface area contributed by atoms with E-state index in [-0.39, 0.29) is 11.3 Å². The average Bonchev–Trinajstić information content (AvgIpc) is 3.12. The largest absolute Gasteiger partial charge is 0.573 e. The van der Waals surface area contributed by atoms with Crippen LogP contribution >= 0.6 is 15.9 Å². The van der Waals surface area contributed by atoms with Crippen molar-refractivity contribution in [3.63, 3.8) is 0 Å². The van der Waals surface area contributed by atoms with E-state index < -0.39 is 6.36 Å². The second-order valence-electron chi connectivity index (χ2n) is 6.65. The van der Waals surface area contributed by atoms with Crippen LogP contribution < -0.4 is 15.7 Å². The van der Waals surface area contributed by atoms with E-state index in [1.807, 2.05) is 11.2 Å². The Morgan fingerprint density at radius 1 is 1.10 bits per heavy atom. The second kappa shape index (κ2) is 8.11. The number of benzene rings is 2. The Balaban J connectivity index is 1.58. The average molecular weight is 481 g/mol. The molecular weight excluding hydrogens is 465 g/mol. The van der Waals surface area contributed by atoms with Gasteiger partial charge >= 0.3 is 6.36 Å². The summed E-state index contributed by atoms with van der Waals surface area (Å²) in [6.07, 6.45) is -1.20. The quantitative estimate of drug-likeness (QED) is 0.597. The van der Waals surface area contributed by atoms with Gasteiger partial charge in [0, 0.05) is 22.6 Å². The fourth-order valence-electron chi connectivity index (χ4n) is 3.15. The van der Waals surface area contributed by atoms with E-state index in [4.69, 9.17) is 0 Å². The van der Waals surface area contributed by atoms with Crippen molar-refractivity contribution in [1.82, 2.24) is 20.2 Å². The van der Waals surface area contributed by atoms with Crippen molar-refractivity contribution >= 4 is 26.7 Å². The van der Waals surface area contributed by atoms with Crippen LogP contribution in [0.25, 0.3) is 21.9 Å². The van der Waals surface area contributed by atoms with Gasteiger partial charge in [-0.25, -0.2) is 10.1 Å². The van der Waals surface area contributed by atoms with Crippen LogP contribution in [0.4, 0.5) is 13.2 Å². The summed E-state index contributed by atoms with van der Waals surface area (Å²) in [5.74, 6) is -0.296. The molecule has 0 spiro atoms. The number of alkyl halides is 3. The van der Waals surface area contributed by atoms with Crippen LogP contribution in [0.2, 0.25) is 0 Å². The lowest BCUT2D eigenvalue weighted by molar-refractivity contribution is -0.274. The third-order valence-corrected chi connectivity index (χ3v) is 5.06. The first-order valence-corrected chi connectivity index (χ1v) is 9.80. The lowest BCUT2D eigenvalue weighted by Crippen LogP contribution is -2.34. The van der Waals surface area contributed by atoms with Crippen molar-refractivity contribution in [3.05, 3.63) is 69.7 Å². The van der Waals surface area contributed by atoms with Crippen molar-refractivity contribution < 1.29 is 17.9 Å². The van der Waals surface area contributed by atoms with E-state index in [9.17, 15) is 18.0 Å². The van der Waals surface area contributed by atoms with Crippen LogP contribution in [0.1, 0.15) is 0 Å².